The SMILES string of the molecule is COc1ccccc1C1COc2cc(Br)ccc2N1C. The molecule has 0 spiro atoms. The van der Waals surface area contributed by atoms with Crippen LogP contribution >= 0.6 is 15.9 Å². The van der Waals surface area contributed by atoms with Crippen LogP contribution in [0, 0.1) is 0 Å². The monoisotopic (exact) mass is 333 g/mol. The third-order valence-electron chi connectivity index (χ3n) is 3.66. The largest absolute Gasteiger partial charge is 0.496 e. The highest BCUT2D eigenvalue weighted by Crippen LogP contribution is 2.41. The van der Waals surface area contributed by atoms with Crippen molar-refractivity contribution in [1.29, 1.82) is 0 Å². The van der Waals surface area contributed by atoms with Gasteiger partial charge in [0.15, 0.2) is 0 Å². The molecule has 2 aromatic rings. The van der Waals surface area contributed by atoms with Gasteiger partial charge in [-0.3, -0.25) is 0 Å². The van der Waals surface area contributed by atoms with Crippen molar-refractivity contribution in [2.75, 3.05) is 25.7 Å². The smallest absolute Gasteiger partial charge is 0.143 e. The molecule has 0 radical (unpaired) electrons. The van der Waals surface area contributed by atoms with Gasteiger partial charge in [-0.25, -0.2) is 0 Å². The second-order valence-electron chi connectivity index (χ2n) is 4.79. The molecule has 1 heterocycles. The summed E-state index contributed by atoms with van der Waals surface area (Å²) in [6, 6.07) is 14.3. The third kappa shape index (κ3) is 2.24. The van der Waals surface area contributed by atoms with Crippen molar-refractivity contribution in [3.63, 3.8) is 0 Å². The topological polar surface area (TPSA) is 21.7 Å². The van der Waals surface area contributed by atoms with E-state index in [1.54, 1.807) is 7.11 Å². The van der Waals surface area contributed by atoms with Gasteiger partial charge in [0.25, 0.3) is 0 Å². The van der Waals surface area contributed by atoms with Crippen LogP contribution in [0.3, 0.4) is 0 Å². The Morgan fingerprint density at radius 3 is 2.85 bits per heavy atom. The molecule has 0 fully saturated rings. The summed E-state index contributed by atoms with van der Waals surface area (Å²) in [5.74, 6) is 1.81. The Hall–Kier alpha value is -1.68. The van der Waals surface area contributed by atoms with E-state index in [0.29, 0.717) is 6.61 Å². The molecule has 3 rings (SSSR count). The van der Waals surface area contributed by atoms with Crippen molar-refractivity contribution in [2.24, 2.45) is 0 Å². The van der Waals surface area contributed by atoms with Crippen LogP contribution in [0.4, 0.5) is 5.69 Å². The Bertz CT molecular complexity index is 630. The fourth-order valence-corrected chi connectivity index (χ4v) is 2.92. The highest BCUT2D eigenvalue weighted by Gasteiger charge is 2.28. The number of hydrogen-bond acceptors (Lipinski definition) is 3. The molecule has 0 saturated carbocycles. The predicted octanol–water partition coefficient (Wildman–Crippen LogP) is 4.03. The van der Waals surface area contributed by atoms with Crippen LogP contribution in [-0.4, -0.2) is 20.8 Å². The van der Waals surface area contributed by atoms with Crippen LogP contribution in [0.2, 0.25) is 0 Å². The van der Waals surface area contributed by atoms with E-state index in [-0.39, 0.29) is 6.04 Å². The quantitative estimate of drug-likeness (QED) is 0.828. The van der Waals surface area contributed by atoms with E-state index < -0.39 is 0 Å². The molecule has 0 saturated heterocycles. The predicted molar refractivity (Wildman–Crippen MR) is 83.8 cm³/mol. The van der Waals surface area contributed by atoms with Gasteiger partial charge in [-0.15, -0.1) is 0 Å². The number of hydrogen-bond donors (Lipinski definition) is 0. The number of anilines is 1. The molecule has 0 bridgehead atoms. The van der Waals surface area contributed by atoms with Gasteiger partial charge in [0.1, 0.15) is 18.1 Å². The number of nitrogens with zero attached hydrogens (tertiary/aromatic N) is 1. The highest BCUT2D eigenvalue weighted by molar-refractivity contribution is 9.10. The zero-order valence-corrected chi connectivity index (χ0v) is 13.1. The van der Waals surface area contributed by atoms with Crippen molar-refractivity contribution in [2.45, 2.75) is 6.04 Å². The fraction of sp³-hybridized carbons (Fsp3) is 0.250. The Morgan fingerprint density at radius 1 is 1.25 bits per heavy atom. The second kappa shape index (κ2) is 5.37. The summed E-state index contributed by atoms with van der Waals surface area (Å²) in [7, 11) is 3.79. The van der Waals surface area contributed by atoms with Gasteiger partial charge in [0.2, 0.25) is 0 Å². The van der Waals surface area contributed by atoms with Gasteiger partial charge in [0.05, 0.1) is 18.8 Å². The molecule has 1 unspecified atom stereocenters. The number of benzene rings is 2. The Morgan fingerprint density at radius 2 is 2.05 bits per heavy atom. The second-order valence-corrected chi connectivity index (χ2v) is 5.71. The fourth-order valence-electron chi connectivity index (χ4n) is 2.58. The highest BCUT2D eigenvalue weighted by atomic mass is 79.9. The van der Waals surface area contributed by atoms with E-state index in [1.165, 1.54) is 0 Å². The number of methoxy groups -OCH3 is 1. The molecule has 20 heavy (non-hydrogen) atoms. The van der Waals surface area contributed by atoms with Crippen LogP contribution in [0.1, 0.15) is 11.6 Å². The lowest BCUT2D eigenvalue weighted by atomic mass is 10.0. The van der Waals surface area contributed by atoms with E-state index in [2.05, 4.69) is 40.0 Å². The number of para-hydroxylation sites is 1. The van der Waals surface area contributed by atoms with Gasteiger partial charge in [0, 0.05) is 17.1 Å². The molecule has 1 atom stereocenters. The van der Waals surface area contributed by atoms with Crippen molar-refractivity contribution in [3.8, 4) is 11.5 Å². The molecular formula is C16H16BrNO2. The molecule has 1 aliphatic heterocycles. The summed E-state index contributed by atoms with van der Waals surface area (Å²) in [6.45, 7) is 0.611. The van der Waals surface area contributed by atoms with Crippen molar-refractivity contribution in [1.82, 2.24) is 0 Å². The van der Waals surface area contributed by atoms with E-state index in [0.717, 1.165) is 27.2 Å². The lowest BCUT2D eigenvalue weighted by molar-refractivity contribution is 0.265. The van der Waals surface area contributed by atoms with E-state index in [1.807, 2.05) is 30.3 Å². The minimum atomic E-state index is 0.153. The molecule has 0 N–H and O–H groups in total. The Balaban J connectivity index is 1.99. The summed E-state index contributed by atoms with van der Waals surface area (Å²) >= 11 is 3.47. The summed E-state index contributed by atoms with van der Waals surface area (Å²) in [4.78, 5) is 2.24. The third-order valence-corrected chi connectivity index (χ3v) is 4.16. The van der Waals surface area contributed by atoms with Crippen molar-refractivity contribution < 1.29 is 9.47 Å². The first-order valence-electron chi connectivity index (χ1n) is 6.49. The molecule has 0 aromatic heterocycles. The molecule has 3 nitrogen and oxygen atoms in total. The van der Waals surface area contributed by atoms with Crippen molar-refractivity contribution >= 4 is 21.6 Å². The van der Waals surface area contributed by atoms with Gasteiger partial charge >= 0.3 is 0 Å². The van der Waals surface area contributed by atoms with Gasteiger partial charge in [-0.05, 0) is 24.3 Å². The first-order valence-corrected chi connectivity index (χ1v) is 7.28. The zero-order valence-electron chi connectivity index (χ0n) is 11.5. The van der Waals surface area contributed by atoms with Gasteiger partial charge in [-0.2, -0.15) is 0 Å². The van der Waals surface area contributed by atoms with Crippen LogP contribution in [0.25, 0.3) is 0 Å². The minimum absolute atomic E-state index is 0.153. The standard InChI is InChI=1S/C16H16BrNO2/c1-18-13-8-7-11(17)9-16(13)20-10-14(18)12-5-3-4-6-15(12)19-2/h3-9,14H,10H2,1-2H3. The molecule has 104 valence electrons. The average Bonchev–Trinajstić information content (AvgIpc) is 2.47. The van der Waals surface area contributed by atoms with Gasteiger partial charge < -0.3 is 14.4 Å². The molecular weight excluding hydrogens is 318 g/mol. The van der Waals surface area contributed by atoms with E-state index in [9.17, 15) is 0 Å². The number of likely N-dealkylation sites (N-methyl/N-ethyl adjacent to an activating group) is 1. The average molecular weight is 334 g/mol. The first-order chi connectivity index (χ1) is 9.70. The summed E-state index contributed by atoms with van der Waals surface area (Å²) in [5, 5.41) is 0. The van der Waals surface area contributed by atoms with Crippen LogP contribution < -0.4 is 14.4 Å². The molecule has 4 heteroatoms. The molecule has 1 aliphatic rings. The number of fused-ring (bicyclic) bond motifs is 1. The molecule has 0 aliphatic carbocycles. The number of ether oxygens (including phenoxy) is 2. The summed E-state index contributed by atoms with van der Waals surface area (Å²) in [6.07, 6.45) is 0. The zero-order chi connectivity index (χ0) is 14.1. The normalized spacial score (nSPS) is 17.4. The first kappa shape index (κ1) is 13.3. The molecule has 0 amide bonds. The lowest BCUT2D eigenvalue weighted by Gasteiger charge is -2.36. The maximum absolute atomic E-state index is 5.91. The summed E-state index contributed by atoms with van der Waals surface area (Å²) < 4.78 is 12.4. The number of halogens is 1. The van der Waals surface area contributed by atoms with Crippen LogP contribution in [0.5, 0.6) is 11.5 Å². The van der Waals surface area contributed by atoms with Gasteiger partial charge in [-0.1, -0.05) is 34.1 Å². The summed E-state index contributed by atoms with van der Waals surface area (Å²) in [5.41, 5.74) is 2.24. The molecule has 2 aromatic carbocycles. The Labute approximate surface area is 127 Å². The van der Waals surface area contributed by atoms with E-state index in [4.69, 9.17) is 9.47 Å². The minimum Gasteiger partial charge on any atom is -0.496 e. The maximum Gasteiger partial charge on any atom is 0.143 e. The maximum atomic E-state index is 5.91. The van der Waals surface area contributed by atoms with E-state index >= 15 is 0 Å². The van der Waals surface area contributed by atoms with Crippen LogP contribution in [-0.2, 0) is 0 Å². The lowest BCUT2D eigenvalue weighted by Crippen LogP contribution is -2.33. The van der Waals surface area contributed by atoms with Crippen molar-refractivity contribution in [3.05, 3.63) is 52.5 Å². The number of rotatable bonds is 2. The Kier molecular flexibility index (Phi) is 3.57. The van der Waals surface area contributed by atoms with Crippen LogP contribution in [0.15, 0.2) is 46.9 Å².